The number of rotatable bonds is 6. The molecule has 1 nitrogen and oxygen atoms in total. The highest BCUT2D eigenvalue weighted by Crippen LogP contribution is 2.32. The van der Waals surface area contributed by atoms with Crippen LogP contribution in [0.15, 0.2) is 0 Å². The Morgan fingerprint density at radius 1 is 0.867 bits per heavy atom. The van der Waals surface area contributed by atoms with E-state index in [1.54, 1.807) is 0 Å². The van der Waals surface area contributed by atoms with E-state index in [0.29, 0.717) is 0 Å². The molecule has 1 aliphatic rings. The molecule has 1 heteroatoms. The summed E-state index contributed by atoms with van der Waals surface area (Å²) in [5, 5.41) is 0. The molecule has 15 heavy (non-hydrogen) atoms. The molecule has 1 saturated carbocycles. The van der Waals surface area contributed by atoms with Gasteiger partial charge in [0.1, 0.15) is 0 Å². The van der Waals surface area contributed by atoms with Crippen molar-refractivity contribution in [1.29, 1.82) is 0 Å². The molecule has 0 aromatic rings. The fraction of sp³-hybridized carbons (Fsp3) is 1.00. The van der Waals surface area contributed by atoms with Gasteiger partial charge in [-0.25, -0.2) is 0 Å². The van der Waals surface area contributed by atoms with Crippen molar-refractivity contribution in [2.24, 2.45) is 17.8 Å². The second-order valence-corrected chi connectivity index (χ2v) is 6.11. The van der Waals surface area contributed by atoms with Crippen LogP contribution in [-0.4, -0.2) is 23.5 Å². The molecule has 1 rings (SSSR count). The van der Waals surface area contributed by atoms with Crippen molar-refractivity contribution in [3.63, 3.8) is 0 Å². The van der Waals surface area contributed by atoms with Crippen molar-refractivity contribution in [2.75, 3.05) is 6.54 Å². The lowest BCUT2D eigenvalue weighted by atomic mass is 9.97. The summed E-state index contributed by atoms with van der Waals surface area (Å²) in [5.74, 6) is 2.54. The van der Waals surface area contributed by atoms with Crippen molar-refractivity contribution in [2.45, 2.75) is 66.5 Å². The summed E-state index contributed by atoms with van der Waals surface area (Å²) in [6.45, 7) is 15.5. The highest BCUT2D eigenvalue weighted by Gasteiger charge is 2.31. The molecule has 0 N–H and O–H groups in total. The average molecular weight is 211 g/mol. The maximum absolute atomic E-state index is 2.74. The molecule has 0 aromatic carbocycles. The molecule has 90 valence electrons. The topological polar surface area (TPSA) is 3.24 Å². The normalized spacial score (nSPS) is 21.4. The van der Waals surface area contributed by atoms with Crippen LogP contribution in [0.25, 0.3) is 0 Å². The maximum atomic E-state index is 2.74. The van der Waals surface area contributed by atoms with E-state index in [1.165, 1.54) is 19.4 Å². The van der Waals surface area contributed by atoms with Gasteiger partial charge in [0.25, 0.3) is 0 Å². The zero-order valence-corrected chi connectivity index (χ0v) is 11.5. The fourth-order valence-electron chi connectivity index (χ4n) is 2.07. The van der Waals surface area contributed by atoms with Crippen molar-refractivity contribution in [3.8, 4) is 0 Å². The molecule has 0 radical (unpaired) electrons. The summed E-state index contributed by atoms with van der Waals surface area (Å²) >= 11 is 0. The van der Waals surface area contributed by atoms with Gasteiger partial charge in [0.15, 0.2) is 0 Å². The zero-order chi connectivity index (χ0) is 11.6. The van der Waals surface area contributed by atoms with E-state index < -0.39 is 0 Å². The predicted octanol–water partition coefficient (Wildman–Crippen LogP) is 3.79. The van der Waals surface area contributed by atoms with Gasteiger partial charge in [0, 0.05) is 18.6 Å². The highest BCUT2D eigenvalue weighted by atomic mass is 15.2. The van der Waals surface area contributed by atoms with Crippen LogP contribution in [0.1, 0.15) is 54.4 Å². The first-order chi connectivity index (χ1) is 6.93. The lowest BCUT2D eigenvalue weighted by molar-refractivity contribution is 0.0892. The van der Waals surface area contributed by atoms with E-state index >= 15 is 0 Å². The summed E-state index contributed by atoms with van der Waals surface area (Å²) in [6.07, 6.45) is 2.93. The molecular weight excluding hydrogens is 182 g/mol. The number of hydrogen-bond donors (Lipinski definition) is 0. The highest BCUT2D eigenvalue weighted by molar-refractivity contribution is 4.84. The molecule has 0 amide bonds. The predicted molar refractivity (Wildman–Crippen MR) is 68.0 cm³/mol. The molecule has 0 aromatic heterocycles. The Morgan fingerprint density at radius 2 is 1.27 bits per heavy atom. The maximum Gasteiger partial charge on any atom is 0.00929 e. The minimum absolute atomic E-state index is 0.725. The SMILES string of the molecule is CC(C)[C@@H](C)N(CC1CC1)[C@@H](C)C(C)C. The van der Waals surface area contributed by atoms with Crippen LogP contribution in [0.4, 0.5) is 0 Å². The summed E-state index contributed by atoms with van der Waals surface area (Å²) < 4.78 is 0. The van der Waals surface area contributed by atoms with Gasteiger partial charge in [-0.1, -0.05) is 27.7 Å². The molecular formula is C14H29N. The van der Waals surface area contributed by atoms with Gasteiger partial charge in [-0.05, 0) is 44.4 Å². The van der Waals surface area contributed by atoms with Crippen LogP contribution >= 0.6 is 0 Å². The van der Waals surface area contributed by atoms with E-state index in [0.717, 1.165) is 29.8 Å². The Hall–Kier alpha value is -0.0400. The summed E-state index contributed by atoms with van der Waals surface area (Å²) in [5.41, 5.74) is 0. The molecule has 0 saturated heterocycles. The van der Waals surface area contributed by atoms with Crippen LogP contribution in [0, 0.1) is 17.8 Å². The second-order valence-electron chi connectivity index (χ2n) is 6.11. The van der Waals surface area contributed by atoms with Crippen LogP contribution in [0.5, 0.6) is 0 Å². The van der Waals surface area contributed by atoms with Gasteiger partial charge < -0.3 is 0 Å². The van der Waals surface area contributed by atoms with Gasteiger partial charge in [-0.2, -0.15) is 0 Å². The first-order valence-corrected chi connectivity index (χ1v) is 6.69. The monoisotopic (exact) mass is 211 g/mol. The van der Waals surface area contributed by atoms with Crippen molar-refractivity contribution in [3.05, 3.63) is 0 Å². The van der Waals surface area contributed by atoms with E-state index in [1.807, 2.05) is 0 Å². The van der Waals surface area contributed by atoms with Crippen molar-refractivity contribution in [1.82, 2.24) is 4.90 Å². The van der Waals surface area contributed by atoms with Crippen LogP contribution in [0.3, 0.4) is 0 Å². The average Bonchev–Trinajstić information content (AvgIpc) is 2.95. The summed E-state index contributed by atoms with van der Waals surface area (Å²) in [6, 6.07) is 1.45. The Kier molecular flexibility index (Phi) is 4.64. The van der Waals surface area contributed by atoms with Gasteiger partial charge in [0.2, 0.25) is 0 Å². The lowest BCUT2D eigenvalue weighted by Crippen LogP contribution is -2.46. The minimum atomic E-state index is 0.725. The summed E-state index contributed by atoms with van der Waals surface area (Å²) in [7, 11) is 0. The van der Waals surface area contributed by atoms with E-state index in [-0.39, 0.29) is 0 Å². The van der Waals surface area contributed by atoms with Gasteiger partial charge in [0.05, 0.1) is 0 Å². The molecule has 1 aliphatic carbocycles. The lowest BCUT2D eigenvalue weighted by Gasteiger charge is -2.39. The molecule has 0 unspecified atom stereocenters. The third-order valence-corrected chi connectivity index (χ3v) is 4.14. The molecule has 0 spiro atoms. The van der Waals surface area contributed by atoms with Gasteiger partial charge in [-0.3, -0.25) is 4.90 Å². The summed E-state index contributed by atoms with van der Waals surface area (Å²) in [4.78, 5) is 2.74. The molecule has 1 fully saturated rings. The quantitative estimate of drug-likeness (QED) is 0.646. The first kappa shape index (κ1) is 13.0. The largest absolute Gasteiger partial charge is 0.297 e. The standard InChI is InChI=1S/C14H29N/c1-10(2)12(5)15(9-14-7-8-14)13(6)11(3)4/h10-14H,7-9H2,1-6H3/t12-,13+. The fourth-order valence-corrected chi connectivity index (χ4v) is 2.07. The number of hydrogen-bond acceptors (Lipinski definition) is 1. The van der Waals surface area contributed by atoms with Crippen molar-refractivity contribution >= 4 is 0 Å². The molecule has 0 aliphatic heterocycles. The Labute approximate surface area is 96.2 Å². The smallest absolute Gasteiger partial charge is 0.00929 e. The van der Waals surface area contributed by atoms with Crippen LogP contribution in [-0.2, 0) is 0 Å². The third-order valence-electron chi connectivity index (χ3n) is 4.14. The van der Waals surface area contributed by atoms with Gasteiger partial charge >= 0.3 is 0 Å². The first-order valence-electron chi connectivity index (χ1n) is 6.69. The zero-order valence-electron chi connectivity index (χ0n) is 11.5. The molecule has 0 heterocycles. The Bertz CT molecular complexity index is 168. The van der Waals surface area contributed by atoms with E-state index in [9.17, 15) is 0 Å². The molecule has 2 atom stereocenters. The third kappa shape index (κ3) is 3.79. The van der Waals surface area contributed by atoms with Crippen LogP contribution < -0.4 is 0 Å². The van der Waals surface area contributed by atoms with Crippen molar-refractivity contribution < 1.29 is 0 Å². The van der Waals surface area contributed by atoms with E-state index in [4.69, 9.17) is 0 Å². The second kappa shape index (κ2) is 5.34. The Balaban J connectivity index is 2.57. The minimum Gasteiger partial charge on any atom is -0.297 e. The van der Waals surface area contributed by atoms with Crippen LogP contribution in [0.2, 0.25) is 0 Å². The van der Waals surface area contributed by atoms with E-state index in [2.05, 4.69) is 46.4 Å². The van der Waals surface area contributed by atoms with Gasteiger partial charge in [-0.15, -0.1) is 0 Å². The Morgan fingerprint density at radius 3 is 1.53 bits per heavy atom. The number of nitrogens with zero attached hydrogens (tertiary/aromatic N) is 1. The molecule has 0 bridgehead atoms.